The molecule has 1 atom stereocenters. The summed E-state index contributed by atoms with van der Waals surface area (Å²) in [5, 5.41) is 0. The standard InChI is InChI=1S/C22H33N3O3/c1-2-28-22(27)25-12-6-9-20(18-25)10-11-21(26)24-15-13-23(14-16-24)17-19-7-4-3-5-8-19/h3-5,7-8,20H,2,6,9-18H2,1H3/t20-/m1/s1. The van der Waals surface area contributed by atoms with Crippen LogP contribution in [0.1, 0.15) is 38.2 Å². The summed E-state index contributed by atoms with van der Waals surface area (Å²) < 4.78 is 5.11. The first-order valence-electron chi connectivity index (χ1n) is 10.6. The lowest BCUT2D eigenvalue weighted by Crippen LogP contribution is -2.48. The number of hydrogen-bond donors (Lipinski definition) is 0. The second kappa shape index (κ2) is 10.5. The fraction of sp³-hybridized carbons (Fsp3) is 0.636. The molecule has 0 spiro atoms. The van der Waals surface area contributed by atoms with E-state index in [9.17, 15) is 9.59 Å². The molecule has 6 nitrogen and oxygen atoms in total. The van der Waals surface area contributed by atoms with Crippen molar-refractivity contribution in [2.24, 2.45) is 5.92 Å². The summed E-state index contributed by atoms with van der Waals surface area (Å²) in [4.78, 5) is 30.8. The van der Waals surface area contributed by atoms with Crippen LogP contribution in [0.2, 0.25) is 0 Å². The highest BCUT2D eigenvalue weighted by Crippen LogP contribution is 2.22. The number of piperazine rings is 1. The van der Waals surface area contributed by atoms with E-state index in [0.717, 1.165) is 65.1 Å². The number of hydrogen-bond acceptors (Lipinski definition) is 4. The van der Waals surface area contributed by atoms with Gasteiger partial charge in [0.2, 0.25) is 5.91 Å². The predicted molar refractivity (Wildman–Crippen MR) is 109 cm³/mol. The van der Waals surface area contributed by atoms with E-state index in [0.29, 0.717) is 18.9 Å². The summed E-state index contributed by atoms with van der Waals surface area (Å²) in [7, 11) is 0. The van der Waals surface area contributed by atoms with Gasteiger partial charge in [-0.15, -0.1) is 0 Å². The molecule has 154 valence electrons. The molecule has 3 rings (SSSR count). The molecule has 6 heteroatoms. The predicted octanol–water partition coefficient (Wildman–Crippen LogP) is 2.98. The van der Waals surface area contributed by atoms with Crippen molar-refractivity contribution in [2.75, 3.05) is 45.9 Å². The van der Waals surface area contributed by atoms with Gasteiger partial charge in [0, 0.05) is 52.2 Å². The molecule has 0 radical (unpaired) electrons. The van der Waals surface area contributed by atoms with Gasteiger partial charge < -0.3 is 14.5 Å². The molecule has 0 aliphatic carbocycles. The first-order valence-corrected chi connectivity index (χ1v) is 10.6. The van der Waals surface area contributed by atoms with Crippen LogP contribution >= 0.6 is 0 Å². The van der Waals surface area contributed by atoms with Crippen molar-refractivity contribution in [3.63, 3.8) is 0 Å². The zero-order valence-electron chi connectivity index (χ0n) is 17.0. The van der Waals surface area contributed by atoms with E-state index in [-0.39, 0.29) is 12.0 Å². The minimum Gasteiger partial charge on any atom is -0.450 e. The van der Waals surface area contributed by atoms with Crippen LogP contribution in [0.5, 0.6) is 0 Å². The molecule has 0 aromatic heterocycles. The third-order valence-electron chi connectivity index (χ3n) is 5.79. The quantitative estimate of drug-likeness (QED) is 0.753. The smallest absolute Gasteiger partial charge is 0.409 e. The number of benzene rings is 1. The van der Waals surface area contributed by atoms with Gasteiger partial charge in [-0.1, -0.05) is 30.3 Å². The average Bonchev–Trinajstić information content (AvgIpc) is 2.74. The third kappa shape index (κ3) is 5.96. The van der Waals surface area contributed by atoms with E-state index < -0.39 is 0 Å². The Kier molecular flexibility index (Phi) is 7.71. The van der Waals surface area contributed by atoms with Gasteiger partial charge in [0.25, 0.3) is 0 Å². The Balaban J connectivity index is 1.37. The van der Waals surface area contributed by atoms with Crippen LogP contribution in [0.3, 0.4) is 0 Å². The Bertz CT molecular complexity index is 629. The molecular formula is C22H33N3O3. The molecule has 2 heterocycles. The van der Waals surface area contributed by atoms with Gasteiger partial charge in [-0.05, 0) is 37.7 Å². The van der Waals surface area contributed by atoms with Gasteiger partial charge in [-0.3, -0.25) is 9.69 Å². The molecule has 1 aromatic carbocycles. The van der Waals surface area contributed by atoms with Crippen LogP contribution in [-0.4, -0.2) is 72.6 Å². The third-order valence-corrected chi connectivity index (χ3v) is 5.79. The summed E-state index contributed by atoms with van der Waals surface area (Å²) >= 11 is 0. The Hall–Kier alpha value is -2.08. The molecule has 0 saturated carbocycles. The fourth-order valence-electron chi connectivity index (χ4n) is 4.16. The molecule has 2 saturated heterocycles. The molecule has 1 aromatic rings. The Morgan fingerprint density at radius 3 is 2.50 bits per heavy atom. The molecule has 2 fully saturated rings. The maximum atomic E-state index is 12.6. The summed E-state index contributed by atoms with van der Waals surface area (Å²) in [5.41, 5.74) is 1.32. The topological polar surface area (TPSA) is 53.1 Å². The Morgan fingerprint density at radius 2 is 1.79 bits per heavy atom. The lowest BCUT2D eigenvalue weighted by molar-refractivity contribution is -0.133. The SMILES string of the molecule is CCOC(=O)N1CCC[C@H](CCC(=O)N2CCN(Cc3ccccc3)CC2)C1. The fourth-order valence-corrected chi connectivity index (χ4v) is 4.16. The maximum Gasteiger partial charge on any atom is 0.409 e. The summed E-state index contributed by atoms with van der Waals surface area (Å²) in [6.07, 6.45) is 3.32. The van der Waals surface area contributed by atoms with Gasteiger partial charge in [0.1, 0.15) is 0 Å². The number of piperidine rings is 1. The van der Waals surface area contributed by atoms with Crippen LogP contribution in [0.25, 0.3) is 0 Å². The summed E-state index contributed by atoms with van der Waals surface area (Å²) in [6.45, 7) is 8.17. The van der Waals surface area contributed by atoms with Crippen molar-refractivity contribution in [1.82, 2.24) is 14.7 Å². The molecule has 0 N–H and O–H groups in total. The number of amides is 2. The van der Waals surface area contributed by atoms with Crippen molar-refractivity contribution >= 4 is 12.0 Å². The lowest BCUT2D eigenvalue weighted by Gasteiger charge is -2.35. The average molecular weight is 388 g/mol. The summed E-state index contributed by atoms with van der Waals surface area (Å²) in [5.74, 6) is 0.661. The number of likely N-dealkylation sites (tertiary alicyclic amines) is 1. The molecular weight excluding hydrogens is 354 g/mol. The molecule has 0 bridgehead atoms. The summed E-state index contributed by atoms with van der Waals surface area (Å²) in [6, 6.07) is 10.5. The van der Waals surface area contributed by atoms with E-state index in [1.165, 1.54) is 5.56 Å². The van der Waals surface area contributed by atoms with Crippen LogP contribution in [0.15, 0.2) is 30.3 Å². The molecule has 2 aliphatic heterocycles. The van der Waals surface area contributed by atoms with Crippen LogP contribution in [-0.2, 0) is 16.1 Å². The van der Waals surface area contributed by atoms with E-state index in [1.807, 2.05) is 17.9 Å². The highest BCUT2D eigenvalue weighted by molar-refractivity contribution is 5.76. The Morgan fingerprint density at radius 1 is 1.04 bits per heavy atom. The van der Waals surface area contributed by atoms with Gasteiger partial charge in [0.05, 0.1) is 6.61 Å². The molecule has 2 aliphatic rings. The number of carbonyl (C=O) groups is 2. The number of ether oxygens (including phenoxy) is 1. The zero-order valence-corrected chi connectivity index (χ0v) is 17.0. The van der Waals surface area contributed by atoms with Gasteiger partial charge in [-0.25, -0.2) is 4.79 Å². The highest BCUT2D eigenvalue weighted by Gasteiger charge is 2.26. The van der Waals surface area contributed by atoms with Crippen LogP contribution < -0.4 is 0 Å². The number of carbonyl (C=O) groups excluding carboxylic acids is 2. The van der Waals surface area contributed by atoms with E-state index in [4.69, 9.17) is 4.74 Å². The van der Waals surface area contributed by atoms with Gasteiger partial charge in [-0.2, -0.15) is 0 Å². The zero-order chi connectivity index (χ0) is 19.8. The van der Waals surface area contributed by atoms with Gasteiger partial charge in [0.15, 0.2) is 0 Å². The van der Waals surface area contributed by atoms with Crippen molar-refractivity contribution < 1.29 is 14.3 Å². The van der Waals surface area contributed by atoms with Crippen molar-refractivity contribution in [3.8, 4) is 0 Å². The number of rotatable bonds is 6. The minimum atomic E-state index is -0.215. The Labute approximate surface area is 168 Å². The van der Waals surface area contributed by atoms with Crippen LogP contribution in [0.4, 0.5) is 4.79 Å². The second-order valence-electron chi connectivity index (χ2n) is 7.83. The number of nitrogens with zero attached hydrogens (tertiary/aromatic N) is 3. The van der Waals surface area contributed by atoms with Crippen LogP contribution in [0, 0.1) is 5.92 Å². The normalized spacial score (nSPS) is 20.8. The maximum absolute atomic E-state index is 12.6. The first-order chi connectivity index (χ1) is 13.7. The van der Waals surface area contributed by atoms with E-state index >= 15 is 0 Å². The van der Waals surface area contributed by atoms with Crippen molar-refractivity contribution in [3.05, 3.63) is 35.9 Å². The molecule has 2 amide bonds. The molecule has 0 unspecified atom stereocenters. The van der Waals surface area contributed by atoms with Crippen molar-refractivity contribution in [1.29, 1.82) is 0 Å². The van der Waals surface area contributed by atoms with E-state index in [1.54, 1.807) is 4.90 Å². The monoisotopic (exact) mass is 387 g/mol. The van der Waals surface area contributed by atoms with Gasteiger partial charge >= 0.3 is 6.09 Å². The molecule has 28 heavy (non-hydrogen) atoms. The van der Waals surface area contributed by atoms with E-state index in [2.05, 4.69) is 29.2 Å². The first kappa shape index (κ1) is 20.6. The highest BCUT2D eigenvalue weighted by atomic mass is 16.6. The largest absolute Gasteiger partial charge is 0.450 e. The minimum absolute atomic E-state index is 0.215. The lowest BCUT2D eigenvalue weighted by atomic mass is 9.93. The van der Waals surface area contributed by atoms with Crippen molar-refractivity contribution in [2.45, 2.75) is 39.2 Å². The second-order valence-corrected chi connectivity index (χ2v) is 7.83.